The number of aryl methyl sites for hydroxylation is 1. The monoisotopic (exact) mass is 234 g/mol. The fourth-order valence-corrected chi connectivity index (χ4v) is 2.14. The van der Waals surface area contributed by atoms with Crippen molar-refractivity contribution in [2.75, 3.05) is 20.1 Å². The molecule has 17 heavy (non-hydrogen) atoms. The highest BCUT2D eigenvalue weighted by Gasteiger charge is 2.10. The van der Waals surface area contributed by atoms with Crippen LogP contribution in [0.5, 0.6) is 0 Å². The van der Waals surface area contributed by atoms with E-state index in [1.807, 2.05) is 0 Å². The molecule has 0 bridgehead atoms. The van der Waals surface area contributed by atoms with E-state index >= 15 is 0 Å². The fourth-order valence-electron chi connectivity index (χ4n) is 2.14. The largest absolute Gasteiger partial charge is 0.323 e. The SMILES string of the molecule is CCc1ccc(C(N)CN(C)CC(C)C)cc1. The third-order valence-corrected chi connectivity index (χ3v) is 3.00. The number of nitrogens with two attached hydrogens (primary N) is 1. The molecule has 0 fully saturated rings. The minimum atomic E-state index is 0.115. The Hall–Kier alpha value is -0.860. The average Bonchev–Trinajstić information content (AvgIpc) is 2.28. The van der Waals surface area contributed by atoms with Crippen molar-refractivity contribution in [1.82, 2.24) is 4.90 Å². The third kappa shape index (κ3) is 4.88. The van der Waals surface area contributed by atoms with Crippen molar-refractivity contribution in [3.8, 4) is 0 Å². The van der Waals surface area contributed by atoms with E-state index < -0.39 is 0 Å². The molecule has 0 aliphatic carbocycles. The lowest BCUT2D eigenvalue weighted by molar-refractivity contribution is 0.279. The van der Waals surface area contributed by atoms with Crippen LogP contribution in [0.3, 0.4) is 0 Å². The molecule has 96 valence electrons. The standard InChI is InChI=1S/C15H26N2/c1-5-13-6-8-14(9-7-13)15(16)11-17(4)10-12(2)3/h6-9,12,15H,5,10-11,16H2,1-4H3. The maximum Gasteiger partial charge on any atom is 0.0424 e. The summed E-state index contributed by atoms with van der Waals surface area (Å²) < 4.78 is 0. The quantitative estimate of drug-likeness (QED) is 0.820. The van der Waals surface area contributed by atoms with Gasteiger partial charge in [-0.25, -0.2) is 0 Å². The normalized spacial score (nSPS) is 13.4. The van der Waals surface area contributed by atoms with Crippen LogP contribution in [0.1, 0.15) is 37.9 Å². The second-order valence-corrected chi connectivity index (χ2v) is 5.32. The molecule has 2 heteroatoms. The lowest BCUT2D eigenvalue weighted by atomic mass is 10.0. The van der Waals surface area contributed by atoms with Crippen LogP contribution in [-0.4, -0.2) is 25.0 Å². The van der Waals surface area contributed by atoms with Gasteiger partial charge in [0.15, 0.2) is 0 Å². The Morgan fingerprint density at radius 3 is 2.18 bits per heavy atom. The molecule has 0 aromatic heterocycles. The van der Waals surface area contributed by atoms with Crippen molar-refractivity contribution in [2.24, 2.45) is 11.7 Å². The summed E-state index contributed by atoms with van der Waals surface area (Å²) in [6.45, 7) is 8.66. The zero-order valence-corrected chi connectivity index (χ0v) is 11.6. The molecule has 0 spiro atoms. The molecular formula is C15H26N2. The molecule has 0 aliphatic heterocycles. The second kappa shape index (κ2) is 6.77. The minimum absolute atomic E-state index is 0.115. The first-order chi connectivity index (χ1) is 8.02. The Morgan fingerprint density at radius 1 is 1.12 bits per heavy atom. The van der Waals surface area contributed by atoms with Gasteiger partial charge in [-0.15, -0.1) is 0 Å². The lowest BCUT2D eigenvalue weighted by Gasteiger charge is -2.23. The Balaban J connectivity index is 2.53. The lowest BCUT2D eigenvalue weighted by Crippen LogP contribution is -2.31. The van der Waals surface area contributed by atoms with E-state index in [1.54, 1.807) is 0 Å². The molecule has 1 aromatic carbocycles. The summed E-state index contributed by atoms with van der Waals surface area (Å²) in [5.74, 6) is 0.690. The molecule has 0 radical (unpaired) electrons. The van der Waals surface area contributed by atoms with Crippen LogP contribution < -0.4 is 5.73 Å². The second-order valence-electron chi connectivity index (χ2n) is 5.32. The predicted molar refractivity (Wildman–Crippen MR) is 75.1 cm³/mol. The average molecular weight is 234 g/mol. The number of hydrogen-bond acceptors (Lipinski definition) is 2. The van der Waals surface area contributed by atoms with E-state index in [0.29, 0.717) is 5.92 Å². The molecule has 0 heterocycles. The maximum atomic E-state index is 6.22. The van der Waals surface area contributed by atoms with Crippen molar-refractivity contribution in [1.29, 1.82) is 0 Å². The Morgan fingerprint density at radius 2 is 1.71 bits per heavy atom. The molecule has 1 rings (SSSR count). The molecule has 1 unspecified atom stereocenters. The van der Waals surface area contributed by atoms with E-state index in [-0.39, 0.29) is 6.04 Å². The summed E-state index contributed by atoms with van der Waals surface area (Å²) in [7, 11) is 2.14. The van der Waals surface area contributed by atoms with Gasteiger partial charge >= 0.3 is 0 Å². The van der Waals surface area contributed by atoms with E-state index in [0.717, 1.165) is 19.5 Å². The molecule has 0 amide bonds. The van der Waals surface area contributed by atoms with E-state index in [1.165, 1.54) is 11.1 Å². The number of benzene rings is 1. The topological polar surface area (TPSA) is 29.3 Å². The smallest absolute Gasteiger partial charge is 0.0424 e. The van der Waals surface area contributed by atoms with Crippen LogP contribution in [0.25, 0.3) is 0 Å². The number of rotatable bonds is 6. The van der Waals surface area contributed by atoms with Crippen molar-refractivity contribution < 1.29 is 0 Å². The number of nitrogens with zero attached hydrogens (tertiary/aromatic N) is 1. The van der Waals surface area contributed by atoms with Gasteiger partial charge in [0.05, 0.1) is 0 Å². The van der Waals surface area contributed by atoms with Gasteiger partial charge < -0.3 is 10.6 Å². The molecule has 1 aromatic rings. The zero-order chi connectivity index (χ0) is 12.8. The van der Waals surface area contributed by atoms with Gasteiger partial charge in [0, 0.05) is 19.1 Å². The van der Waals surface area contributed by atoms with Crippen LogP contribution in [0.4, 0.5) is 0 Å². The fraction of sp³-hybridized carbons (Fsp3) is 0.600. The summed E-state index contributed by atoms with van der Waals surface area (Å²) in [5.41, 5.74) is 8.83. The van der Waals surface area contributed by atoms with Crippen LogP contribution in [0.15, 0.2) is 24.3 Å². The molecule has 2 nitrogen and oxygen atoms in total. The zero-order valence-electron chi connectivity index (χ0n) is 11.6. The highest BCUT2D eigenvalue weighted by Crippen LogP contribution is 2.13. The molecule has 0 saturated heterocycles. The van der Waals surface area contributed by atoms with Crippen LogP contribution in [-0.2, 0) is 6.42 Å². The maximum absolute atomic E-state index is 6.22. The first kappa shape index (κ1) is 14.2. The van der Waals surface area contributed by atoms with Crippen molar-refractivity contribution >= 4 is 0 Å². The highest BCUT2D eigenvalue weighted by molar-refractivity contribution is 5.25. The van der Waals surface area contributed by atoms with Crippen LogP contribution in [0, 0.1) is 5.92 Å². The summed E-state index contributed by atoms with van der Waals surface area (Å²) in [5, 5.41) is 0. The van der Waals surface area contributed by atoms with Gasteiger partial charge in [0.25, 0.3) is 0 Å². The van der Waals surface area contributed by atoms with Crippen molar-refractivity contribution in [3.05, 3.63) is 35.4 Å². The summed E-state index contributed by atoms with van der Waals surface area (Å²) in [6, 6.07) is 8.79. The molecule has 1 atom stereocenters. The van der Waals surface area contributed by atoms with Gasteiger partial charge in [0.1, 0.15) is 0 Å². The summed E-state index contributed by atoms with van der Waals surface area (Å²) >= 11 is 0. The van der Waals surface area contributed by atoms with Gasteiger partial charge in [-0.3, -0.25) is 0 Å². The minimum Gasteiger partial charge on any atom is -0.323 e. The molecule has 2 N–H and O–H groups in total. The number of hydrogen-bond donors (Lipinski definition) is 1. The number of likely N-dealkylation sites (N-methyl/N-ethyl adjacent to an activating group) is 1. The first-order valence-corrected chi connectivity index (χ1v) is 6.55. The Kier molecular flexibility index (Phi) is 5.66. The van der Waals surface area contributed by atoms with Gasteiger partial charge in [-0.05, 0) is 30.5 Å². The van der Waals surface area contributed by atoms with Crippen molar-refractivity contribution in [3.63, 3.8) is 0 Å². The van der Waals surface area contributed by atoms with Crippen LogP contribution >= 0.6 is 0 Å². The Labute approximate surface area is 106 Å². The van der Waals surface area contributed by atoms with E-state index in [4.69, 9.17) is 5.73 Å². The van der Waals surface area contributed by atoms with E-state index in [2.05, 4.69) is 57.0 Å². The molecule has 0 saturated carbocycles. The Bertz CT molecular complexity index is 316. The first-order valence-electron chi connectivity index (χ1n) is 6.55. The summed E-state index contributed by atoms with van der Waals surface area (Å²) in [4.78, 5) is 2.31. The van der Waals surface area contributed by atoms with Crippen LogP contribution in [0.2, 0.25) is 0 Å². The predicted octanol–water partition coefficient (Wildman–Crippen LogP) is 2.84. The molecular weight excluding hydrogens is 208 g/mol. The summed E-state index contributed by atoms with van der Waals surface area (Å²) in [6.07, 6.45) is 1.09. The van der Waals surface area contributed by atoms with Crippen molar-refractivity contribution in [2.45, 2.75) is 33.2 Å². The van der Waals surface area contributed by atoms with Gasteiger partial charge in [0.2, 0.25) is 0 Å². The highest BCUT2D eigenvalue weighted by atomic mass is 15.1. The van der Waals surface area contributed by atoms with Gasteiger partial charge in [-0.2, -0.15) is 0 Å². The van der Waals surface area contributed by atoms with E-state index in [9.17, 15) is 0 Å². The third-order valence-electron chi connectivity index (χ3n) is 3.00. The molecule has 0 aliphatic rings. The van der Waals surface area contributed by atoms with Gasteiger partial charge in [-0.1, -0.05) is 45.0 Å².